The van der Waals surface area contributed by atoms with E-state index in [0.717, 1.165) is 35.8 Å². The van der Waals surface area contributed by atoms with E-state index in [1.807, 2.05) is 34.9 Å². The number of fused-ring (bicyclic) bond motifs is 4. The zero-order valence-corrected chi connectivity index (χ0v) is 20.1. The van der Waals surface area contributed by atoms with Crippen LogP contribution in [0, 0.1) is 0 Å². The molecular formula is C27H27N5OS. The molecule has 0 aliphatic rings. The van der Waals surface area contributed by atoms with Crippen molar-refractivity contribution in [2.45, 2.75) is 25.9 Å². The van der Waals surface area contributed by atoms with Crippen LogP contribution in [0.15, 0.2) is 72.9 Å². The number of hydrogen-bond donors (Lipinski definition) is 1. The van der Waals surface area contributed by atoms with Gasteiger partial charge in [-0.2, -0.15) is 11.8 Å². The van der Waals surface area contributed by atoms with Crippen LogP contribution in [0.2, 0.25) is 0 Å². The number of aromatic nitrogens is 4. The molecular weight excluding hydrogens is 442 g/mol. The van der Waals surface area contributed by atoms with Crippen LogP contribution in [0.4, 0.5) is 0 Å². The van der Waals surface area contributed by atoms with Crippen LogP contribution in [0.3, 0.4) is 0 Å². The fourth-order valence-electron chi connectivity index (χ4n) is 4.51. The number of aryl methyl sites for hydroxylation is 1. The van der Waals surface area contributed by atoms with E-state index in [4.69, 9.17) is 0 Å². The fourth-order valence-corrected chi connectivity index (χ4v) is 4.98. The summed E-state index contributed by atoms with van der Waals surface area (Å²) < 4.78 is 4.26. The van der Waals surface area contributed by atoms with Crippen molar-refractivity contribution in [1.82, 2.24) is 24.5 Å². The molecule has 0 saturated carbocycles. The zero-order chi connectivity index (χ0) is 23.5. The average Bonchev–Trinajstić information content (AvgIpc) is 3.44. The molecule has 0 aliphatic carbocycles. The monoisotopic (exact) mass is 469 g/mol. The maximum atomic E-state index is 12.9. The molecule has 5 rings (SSSR count). The number of benzene rings is 2. The number of thioether (sulfide) groups is 1. The van der Waals surface area contributed by atoms with Gasteiger partial charge in [0.05, 0.1) is 6.04 Å². The minimum absolute atomic E-state index is 0.144. The Labute approximate surface area is 202 Å². The molecule has 0 radical (unpaired) electrons. The summed E-state index contributed by atoms with van der Waals surface area (Å²) in [6, 6.07) is 20.4. The summed E-state index contributed by atoms with van der Waals surface area (Å²) in [7, 11) is 0. The van der Waals surface area contributed by atoms with Crippen molar-refractivity contribution < 1.29 is 4.79 Å². The van der Waals surface area contributed by atoms with Gasteiger partial charge in [-0.1, -0.05) is 30.3 Å². The Morgan fingerprint density at radius 2 is 1.88 bits per heavy atom. The number of nitrogens with zero attached hydrogens (tertiary/aromatic N) is 4. The van der Waals surface area contributed by atoms with Gasteiger partial charge in [-0.05, 0) is 67.3 Å². The summed E-state index contributed by atoms with van der Waals surface area (Å²) in [4.78, 5) is 12.9. The standard InChI is InChI=1S/C27H27N5OS/c1-3-31-23-9-5-4-8-20(23)21-18-19(11-13-24(21)31)12-14-26(33)28-22(15-17-34-2)27-30-29-25-10-6-7-16-32(25)27/h4-14,16,18,22H,3,15,17H2,1-2H3,(H,28,33)/b14-12+. The van der Waals surface area contributed by atoms with Crippen molar-refractivity contribution >= 4 is 51.2 Å². The van der Waals surface area contributed by atoms with Crippen molar-refractivity contribution in [2.75, 3.05) is 12.0 Å². The molecule has 1 unspecified atom stereocenters. The third-order valence-corrected chi connectivity index (χ3v) is 6.76. The van der Waals surface area contributed by atoms with E-state index in [1.54, 1.807) is 17.8 Å². The first-order valence-corrected chi connectivity index (χ1v) is 12.9. The van der Waals surface area contributed by atoms with E-state index < -0.39 is 0 Å². The Morgan fingerprint density at radius 3 is 2.74 bits per heavy atom. The van der Waals surface area contributed by atoms with Gasteiger partial charge >= 0.3 is 0 Å². The minimum Gasteiger partial charge on any atom is -0.342 e. The normalized spacial score (nSPS) is 12.8. The van der Waals surface area contributed by atoms with Crippen molar-refractivity contribution in [3.8, 4) is 0 Å². The first-order valence-electron chi connectivity index (χ1n) is 11.5. The number of rotatable bonds is 8. The van der Waals surface area contributed by atoms with Crippen LogP contribution in [0.25, 0.3) is 33.5 Å². The van der Waals surface area contributed by atoms with E-state index in [1.165, 1.54) is 21.8 Å². The van der Waals surface area contributed by atoms with E-state index in [2.05, 4.69) is 75.7 Å². The second-order valence-corrected chi connectivity index (χ2v) is 9.19. The Kier molecular flexibility index (Phi) is 6.36. The summed E-state index contributed by atoms with van der Waals surface area (Å²) in [5.74, 6) is 1.52. The van der Waals surface area contributed by atoms with Gasteiger partial charge in [0.25, 0.3) is 0 Å². The third-order valence-electron chi connectivity index (χ3n) is 6.12. The quantitative estimate of drug-likeness (QED) is 0.306. The molecule has 3 heterocycles. The summed E-state index contributed by atoms with van der Waals surface area (Å²) in [5, 5.41) is 14.2. The van der Waals surface area contributed by atoms with E-state index in [0.29, 0.717) is 0 Å². The van der Waals surface area contributed by atoms with Crippen molar-refractivity contribution in [3.63, 3.8) is 0 Å². The average molecular weight is 470 g/mol. The van der Waals surface area contributed by atoms with Crippen molar-refractivity contribution in [1.29, 1.82) is 0 Å². The van der Waals surface area contributed by atoms with Crippen LogP contribution in [-0.2, 0) is 11.3 Å². The summed E-state index contributed by atoms with van der Waals surface area (Å²) >= 11 is 1.75. The predicted octanol–water partition coefficient (Wildman–Crippen LogP) is 5.48. The molecule has 0 saturated heterocycles. The number of nitrogens with one attached hydrogen (secondary N) is 1. The van der Waals surface area contributed by atoms with Gasteiger partial charge in [-0.15, -0.1) is 10.2 Å². The molecule has 7 heteroatoms. The zero-order valence-electron chi connectivity index (χ0n) is 19.3. The van der Waals surface area contributed by atoms with Crippen LogP contribution in [-0.4, -0.2) is 37.1 Å². The molecule has 0 fully saturated rings. The topological polar surface area (TPSA) is 64.2 Å². The highest BCUT2D eigenvalue weighted by molar-refractivity contribution is 7.98. The van der Waals surface area contributed by atoms with Crippen LogP contribution < -0.4 is 5.32 Å². The summed E-state index contributed by atoms with van der Waals surface area (Å²) in [6.45, 7) is 3.08. The lowest BCUT2D eigenvalue weighted by Gasteiger charge is -2.16. The lowest BCUT2D eigenvalue weighted by molar-refractivity contribution is -0.117. The smallest absolute Gasteiger partial charge is 0.244 e. The Hall–Kier alpha value is -3.58. The molecule has 0 bridgehead atoms. The van der Waals surface area contributed by atoms with Gasteiger partial charge in [-0.3, -0.25) is 9.20 Å². The minimum atomic E-state index is -0.216. The van der Waals surface area contributed by atoms with Gasteiger partial charge in [-0.25, -0.2) is 0 Å². The molecule has 34 heavy (non-hydrogen) atoms. The van der Waals surface area contributed by atoms with E-state index in [9.17, 15) is 4.79 Å². The molecule has 3 aromatic heterocycles. The molecule has 1 amide bonds. The van der Waals surface area contributed by atoms with Crippen molar-refractivity contribution in [3.05, 3.63) is 84.3 Å². The number of amides is 1. The summed E-state index contributed by atoms with van der Waals surface area (Å²) in [6.07, 6.45) is 8.25. The van der Waals surface area contributed by atoms with Crippen LogP contribution in [0.1, 0.15) is 30.8 Å². The third kappa shape index (κ3) is 4.19. The van der Waals surface area contributed by atoms with Gasteiger partial charge in [0.15, 0.2) is 11.5 Å². The second kappa shape index (κ2) is 9.73. The van der Waals surface area contributed by atoms with Gasteiger partial charge in [0.2, 0.25) is 5.91 Å². The number of para-hydroxylation sites is 1. The van der Waals surface area contributed by atoms with E-state index >= 15 is 0 Å². The van der Waals surface area contributed by atoms with Crippen molar-refractivity contribution in [2.24, 2.45) is 0 Å². The molecule has 6 nitrogen and oxygen atoms in total. The van der Waals surface area contributed by atoms with Gasteiger partial charge < -0.3 is 9.88 Å². The largest absolute Gasteiger partial charge is 0.342 e. The molecule has 1 atom stereocenters. The molecule has 2 aromatic carbocycles. The number of hydrogen-bond acceptors (Lipinski definition) is 4. The Balaban J connectivity index is 1.40. The fraction of sp³-hybridized carbons (Fsp3) is 0.222. The first-order chi connectivity index (χ1) is 16.7. The number of carbonyl (C=O) groups excluding carboxylic acids is 1. The molecule has 172 valence electrons. The SMILES string of the molecule is CCn1c2ccccc2c2cc(/C=C/C(=O)NC(CCSC)c3nnc4ccccn34)ccc21. The van der Waals surface area contributed by atoms with Gasteiger partial charge in [0, 0.05) is 40.6 Å². The maximum Gasteiger partial charge on any atom is 0.244 e. The number of pyridine rings is 1. The van der Waals surface area contributed by atoms with E-state index in [-0.39, 0.29) is 11.9 Å². The van der Waals surface area contributed by atoms with Crippen LogP contribution >= 0.6 is 11.8 Å². The lowest BCUT2D eigenvalue weighted by Crippen LogP contribution is -2.29. The maximum absolute atomic E-state index is 12.9. The lowest BCUT2D eigenvalue weighted by atomic mass is 10.1. The molecule has 1 N–H and O–H groups in total. The van der Waals surface area contributed by atoms with Crippen LogP contribution in [0.5, 0.6) is 0 Å². The highest BCUT2D eigenvalue weighted by atomic mass is 32.2. The summed E-state index contributed by atoms with van der Waals surface area (Å²) in [5.41, 5.74) is 4.21. The Morgan fingerprint density at radius 1 is 1.06 bits per heavy atom. The molecule has 0 spiro atoms. The highest BCUT2D eigenvalue weighted by Gasteiger charge is 2.19. The predicted molar refractivity (Wildman–Crippen MR) is 141 cm³/mol. The molecule has 5 aromatic rings. The molecule has 0 aliphatic heterocycles. The number of carbonyl (C=O) groups is 1. The second-order valence-electron chi connectivity index (χ2n) is 8.20. The first kappa shape index (κ1) is 22.2. The van der Waals surface area contributed by atoms with Gasteiger partial charge in [0.1, 0.15) is 0 Å². The highest BCUT2D eigenvalue weighted by Crippen LogP contribution is 2.30. The Bertz CT molecular complexity index is 1500.